The number of halogens is 1. The van der Waals surface area contributed by atoms with Crippen molar-refractivity contribution in [2.24, 2.45) is 0 Å². The highest BCUT2D eigenvalue weighted by atomic mass is 35.5. The average molecular weight is 277 g/mol. The van der Waals surface area contributed by atoms with Gasteiger partial charge in [-0.3, -0.25) is 4.79 Å². The van der Waals surface area contributed by atoms with Crippen molar-refractivity contribution < 1.29 is 0 Å². The summed E-state index contributed by atoms with van der Waals surface area (Å²) in [5, 5.41) is 1.31. The number of aromatic nitrogens is 2. The highest BCUT2D eigenvalue weighted by Crippen LogP contribution is 2.23. The van der Waals surface area contributed by atoms with Crippen molar-refractivity contribution in [3.63, 3.8) is 0 Å². The molecule has 0 aliphatic heterocycles. The molecule has 3 nitrogen and oxygen atoms in total. The minimum Gasteiger partial charge on any atom is -0.306 e. The topological polar surface area (TPSA) is 45.8 Å². The fourth-order valence-electron chi connectivity index (χ4n) is 1.80. The Morgan fingerprint density at radius 1 is 1.28 bits per heavy atom. The van der Waals surface area contributed by atoms with E-state index < -0.39 is 0 Å². The number of hydrogen-bond donors (Lipinski definition) is 1. The molecule has 0 aliphatic carbocycles. The van der Waals surface area contributed by atoms with E-state index in [0.29, 0.717) is 16.2 Å². The molecule has 0 saturated heterocycles. The molecule has 5 heteroatoms. The van der Waals surface area contributed by atoms with Gasteiger partial charge in [-0.2, -0.15) is 0 Å². The molecule has 3 rings (SSSR count). The Balaban J connectivity index is 2.24. The summed E-state index contributed by atoms with van der Waals surface area (Å²) in [7, 11) is 0. The standard InChI is InChI=1S/C13H9ClN2OS/c1-7-6-10-12(17)15-11(16-13(10)18-7)8-2-4-9(14)5-3-8/h2-6H,1H3,(H,15,16,17). The van der Waals surface area contributed by atoms with Crippen molar-refractivity contribution in [3.05, 3.63) is 50.6 Å². The van der Waals surface area contributed by atoms with Gasteiger partial charge in [0.2, 0.25) is 0 Å². The van der Waals surface area contributed by atoms with Crippen LogP contribution in [0.2, 0.25) is 5.02 Å². The van der Waals surface area contributed by atoms with E-state index in [1.54, 1.807) is 12.1 Å². The highest BCUT2D eigenvalue weighted by Gasteiger charge is 2.08. The third kappa shape index (κ3) is 1.94. The van der Waals surface area contributed by atoms with Crippen molar-refractivity contribution >= 4 is 33.2 Å². The summed E-state index contributed by atoms with van der Waals surface area (Å²) in [5.41, 5.74) is 0.749. The number of thiophene rings is 1. The van der Waals surface area contributed by atoms with E-state index >= 15 is 0 Å². The molecule has 90 valence electrons. The van der Waals surface area contributed by atoms with Gasteiger partial charge in [0.1, 0.15) is 10.7 Å². The van der Waals surface area contributed by atoms with E-state index in [1.807, 2.05) is 25.1 Å². The lowest BCUT2D eigenvalue weighted by molar-refractivity contribution is 1.19. The fourth-order valence-corrected chi connectivity index (χ4v) is 2.80. The molecule has 1 aromatic carbocycles. The van der Waals surface area contributed by atoms with Crippen LogP contribution >= 0.6 is 22.9 Å². The van der Waals surface area contributed by atoms with Crippen LogP contribution in [0.4, 0.5) is 0 Å². The molecule has 0 aliphatic rings. The number of aromatic amines is 1. The van der Waals surface area contributed by atoms with Gasteiger partial charge in [0, 0.05) is 15.5 Å². The number of hydrogen-bond acceptors (Lipinski definition) is 3. The van der Waals surface area contributed by atoms with Crippen molar-refractivity contribution in [3.8, 4) is 11.4 Å². The minimum atomic E-state index is -0.103. The predicted molar refractivity (Wildman–Crippen MR) is 75.4 cm³/mol. The summed E-state index contributed by atoms with van der Waals surface area (Å²) in [4.78, 5) is 21.1. The SMILES string of the molecule is Cc1cc2c(=O)[nH]c(-c3ccc(Cl)cc3)nc2s1. The quantitative estimate of drug-likeness (QED) is 0.738. The van der Waals surface area contributed by atoms with E-state index in [1.165, 1.54) is 11.3 Å². The number of nitrogens with one attached hydrogen (secondary N) is 1. The molecule has 0 saturated carbocycles. The second-order valence-electron chi connectivity index (χ2n) is 4.00. The number of aryl methyl sites for hydroxylation is 1. The lowest BCUT2D eigenvalue weighted by Gasteiger charge is -2.00. The molecule has 0 spiro atoms. The van der Waals surface area contributed by atoms with Crippen LogP contribution in [0.5, 0.6) is 0 Å². The fraction of sp³-hybridized carbons (Fsp3) is 0.0769. The normalized spacial score (nSPS) is 11.0. The van der Waals surface area contributed by atoms with Crippen LogP contribution in [0.1, 0.15) is 4.88 Å². The van der Waals surface area contributed by atoms with Gasteiger partial charge in [-0.1, -0.05) is 11.6 Å². The van der Waals surface area contributed by atoms with E-state index in [2.05, 4.69) is 9.97 Å². The van der Waals surface area contributed by atoms with E-state index in [9.17, 15) is 4.79 Å². The molecule has 0 unspecified atom stereocenters. The Hall–Kier alpha value is -1.65. The number of benzene rings is 1. The zero-order valence-corrected chi connectivity index (χ0v) is 11.1. The maximum absolute atomic E-state index is 11.9. The van der Waals surface area contributed by atoms with Crippen molar-refractivity contribution in [2.45, 2.75) is 6.92 Å². The molecule has 1 N–H and O–H groups in total. The van der Waals surface area contributed by atoms with Gasteiger partial charge in [0.15, 0.2) is 0 Å². The second kappa shape index (κ2) is 4.23. The van der Waals surface area contributed by atoms with E-state index in [0.717, 1.165) is 15.3 Å². The smallest absolute Gasteiger partial charge is 0.259 e. The first-order valence-electron chi connectivity index (χ1n) is 5.40. The van der Waals surface area contributed by atoms with Crippen LogP contribution in [0, 0.1) is 6.92 Å². The third-order valence-corrected chi connectivity index (χ3v) is 3.84. The lowest BCUT2D eigenvalue weighted by atomic mass is 10.2. The highest BCUT2D eigenvalue weighted by molar-refractivity contribution is 7.18. The third-order valence-electron chi connectivity index (χ3n) is 2.64. The first-order chi connectivity index (χ1) is 8.63. The van der Waals surface area contributed by atoms with Gasteiger partial charge in [0.25, 0.3) is 5.56 Å². The van der Waals surface area contributed by atoms with Crippen molar-refractivity contribution in [1.82, 2.24) is 9.97 Å². The van der Waals surface area contributed by atoms with Crippen LogP contribution in [-0.2, 0) is 0 Å². The van der Waals surface area contributed by atoms with Crippen LogP contribution < -0.4 is 5.56 Å². The van der Waals surface area contributed by atoms with Gasteiger partial charge in [-0.15, -0.1) is 11.3 Å². The van der Waals surface area contributed by atoms with Gasteiger partial charge < -0.3 is 4.98 Å². The number of rotatable bonds is 1. The molecular weight excluding hydrogens is 268 g/mol. The zero-order chi connectivity index (χ0) is 12.7. The summed E-state index contributed by atoms with van der Waals surface area (Å²) in [6, 6.07) is 9.10. The molecule has 2 aromatic heterocycles. The van der Waals surface area contributed by atoms with E-state index in [4.69, 9.17) is 11.6 Å². The first kappa shape index (κ1) is 11.4. The van der Waals surface area contributed by atoms with Crippen LogP contribution in [0.15, 0.2) is 35.1 Å². The molecule has 0 radical (unpaired) electrons. The average Bonchev–Trinajstić information content (AvgIpc) is 2.71. The molecule has 0 atom stereocenters. The molecule has 0 fully saturated rings. The zero-order valence-electron chi connectivity index (χ0n) is 9.53. The molecular formula is C13H9ClN2OS. The first-order valence-corrected chi connectivity index (χ1v) is 6.59. The summed E-state index contributed by atoms with van der Waals surface area (Å²) in [6.45, 7) is 1.97. The van der Waals surface area contributed by atoms with Gasteiger partial charge in [-0.25, -0.2) is 4.98 Å². The van der Waals surface area contributed by atoms with Crippen molar-refractivity contribution in [1.29, 1.82) is 0 Å². The molecule has 18 heavy (non-hydrogen) atoms. The molecule has 0 amide bonds. The van der Waals surface area contributed by atoms with Gasteiger partial charge >= 0.3 is 0 Å². The molecule has 0 bridgehead atoms. The second-order valence-corrected chi connectivity index (χ2v) is 5.67. The largest absolute Gasteiger partial charge is 0.306 e. The Labute approximate surface area is 112 Å². The van der Waals surface area contributed by atoms with Crippen LogP contribution in [0.25, 0.3) is 21.6 Å². The summed E-state index contributed by atoms with van der Waals surface area (Å²) < 4.78 is 0. The lowest BCUT2D eigenvalue weighted by Crippen LogP contribution is -2.07. The number of nitrogens with zero attached hydrogens (tertiary/aromatic N) is 1. The Kier molecular flexibility index (Phi) is 2.69. The number of H-pyrrole nitrogens is 1. The Morgan fingerprint density at radius 3 is 2.72 bits per heavy atom. The van der Waals surface area contributed by atoms with Crippen LogP contribution in [0.3, 0.4) is 0 Å². The maximum atomic E-state index is 11.9. The summed E-state index contributed by atoms with van der Waals surface area (Å²) >= 11 is 7.36. The predicted octanol–water partition coefficient (Wildman–Crippen LogP) is 3.61. The van der Waals surface area contributed by atoms with Crippen molar-refractivity contribution in [2.75, 3.05) is 0 Å². The Bertz CT molecular complexity index is 774. The summed E-state index contributed by atoms with van der Waals surface area (Å²) in [5.74, 6) is 0.575. The minimum absolute atomic E-state index is 0.103. The van der Waals surface area contributed by atoms with Crippen LogP contribution in [-0.4, -0.2) is 9.97 Å². The maximum Gasteiger partial charge on any atom is 0.259 e. The summed E-state index contributed by atoms with van der Waals surface area (Å²) in [6.07, 6.45) is 0. The monoisotopic (exact) mass is 276 g/mol. The Morgan fingerprint density at radius 2 is 2.00 bits per heavy atom. The van der Waals surface area contributed by atoms with E-state index in [-0.39, 0.29) is 5.56 Å². The van der Waals surface area contributed by atoms with Gasteiger partial charge in [-0.05, 0) is 37.3 Å². The number of fused-ring (bicyclic) bond motifs is 1. The molecule has 2 heterocycles. The van der Waals surface area contributed by atoms with Gasteiger partial charge in [0.05, 0.1) is 5.39 Å². The molecule has 3 aromatic rings.